The van der Waals surface area contributed by atoms with Crippen LogP contribution in [0.5, 0.6) is 0 Å². The lowest BCUT2D eigenvalue weighted by atomic mass is 9.62. The van der Waals surface area contributed by atoms with Gasteiger partial charge in [-0.1, -0.05) is 56.7 Å². The van der Waals surface area contributed by atoms with E-state index >= 15 is 0 Å². The van der Waals surface area contributed by atoms with Gasteiger partial charge in [0.1, 0.15) is 11.6 Å². The van der Waals surface area contributed by atoms with E-state index in [-0.39, 0.29) is 36.8 Å². The van der Waals surface area contributed by atoms with Crippen LogP contribution in [-0.4, -0.2) is 82.2 Å². The van der Waals surface area contributed by atoms with Gasteiger partial charge in [-0.05, 0) is 44.2 Å². The molecule has 2 bridgehead atoms. The third-order valence-electron chi connectivity index (χ3n) is 9.20. The number of fused-ring (bicyclic) bond motifs is 1. The lowest BCUT2D eigenvalue weighted by Crippen LogP contribution is -2.59. The number of carbonyl (C=O) groups is 3. The summed E-state index contributed by atoms with van der Waals surface area (Å²) in [6.45, 7) is 16.2. The molecule has 0 saturated carbocycles. The van der Waals surface area contributed by atoms with Crippen LogP contribution in [0.4, 0.5) is 5.69 Å². The lowest BCUT2D eigenvalue weighted by molar-refractivity contribution is -0.153. The molecule has 8 nitrogen and oxygen atoms in total. The summed E-state index contributed by atoms with van der Waals surface area (Å²) in [6, 6.07) is 5.39. The summed E-state index contributed by atoms with van der Waals surface area (Å²) in [6.07, 6.45) is 4.94. The highest BCUT2D eigenvalue weighted by atomic mass is 35.5. The first kappa shape index (κ1) is 30.3. The highest BCUT2D eigenvalue weighted by Crippen LogP contribution is 2.66. The zero-order valence-electron chi connectivity index (χ0n) is 24.0. The number of halogens is 1. The Kier molecular flexibility index (Phi) is 8.83. The summed E-state index contributed by atoms with van der Waals surface area (Å²) in [7, 11) is 0. The van der Waals surface area contributed by atoms with Crippen molar-refractivity contribution in [3.05, 3.63) is 54.6 Å². The maximum atomic E-state index is 14.7. The summed E-state index contributed by atoms with van der Waals surface area (Å²) in [5, 5.41) is 10.8. The minimum absolute atomic E-state index is 0.0877. The molecule has 1 aromatic carbocycles. The molecule has 40 heavy (non-hydrogen) atoms. The molecule has 0 aliphatic carbocycles. The summed E-state index contributed by atoms with van der Waals surface area (Å²) < 4.78 is 6.87. The molecule has 9 heteroatoms. The van der Waals surface area contributed by atoms with Crippen molar-refractivity contribution < 1.29 is 24.2 Å². The van der Waals surface area contributed by atoms with E-state index in [1.165, 1.54) is 9.80 Å². The summed E-state index contributed by atoms with van der Waals surface area (Å²) >= 11 is 6.54. The van der Waals surface area contributed by atoms with Gasteiger partial charge in [0.05, 0.1) is 40.8 Å². The number of amides is 3. The number of hydrogen-bond acceptors (Lipinski definition) is 5. The Morgan fingerprint density at radius 1 is 1.23 bits per heavy atom. The van der Waals surface area contributed by atoms with Crippen molar-refractivity contribution in [3.63, 3.8) is 0 Å². The van der Waals surface area contributed by atoms with E-state index in [9.17, 15) is 19.5 Å². The topological polar surface area (TPSA) is 90.4 Å². The van der Waals surface area contributed by atoms with Gasteiger partial charge in [-0.25, -0.2) is 0 Å². The van der Waals surface area contributed by atoms with E-state index < -0.39 is 35.1 Å². The van der Waals surface area contributed by atoms with Gasteiger partial charge in [0.2, 0.25) is 11.8 Å². The second-order valence-electron chi connectivity index (χ2n) is 11.5. The Hall–Kier alpha value is -2.68. The van der Waals surface area contributed by atoms with E-state index in [2.05, 4.69) is 13.2 Å². The Morgan fingerprint density at radius 2 is 1.90 bits per heavy atom. The number of carbonyl (C=O) groups excluding carboxylic acids is 3. The number of rotatable bonds is 12. The molecule has 0 aromatic heterocycles. The van der Waals surface area contributed by atoms with Gasteiger partial charge in [-0.15, -0.1) is 13.2 Å². The molecule has 7 atom stereocenters. The van der Waals surface area contributed by atoms with E-state index in [1.807, 2.05) is 27.7 Å². The normalized spacial score (nSPS) is 31.1. The molecule has 218 valence electrons. The summed E-state index contributed by atoms with van der Waals surface area (Å²) in [4.78, 5) is 48.1. The van der Waals surface area contributed by atoms with Crippen LogP contribution in [0.15, 0.2) is 49.6 Å². The van der Waals surface area contributed by atoms with E-state index in [0.29, 0.717) is 36.6 Å². The quantitative estimate of drug-likeness (QED) is 0.382. The third kappa shape index (κ3) is 4.48. The van der Waals surface area contributed by atoms with Crippen LogP contribution in [0.3, 0.4) is 0 Å². The number of nitrogens with zero attached hydrogens (tertiary/aromatic N) is 3. The van der Waals surface area contributed by atoms with Gasteiger partial charge < -0.3 is 24.5 Å². The van der Waals surface area contributed by atoms with Crippen molar-refractivity contribution in [2.24, 2.45) is 17.8 Å². The number of aliphatic hydroxyl groups excluding tert-OH is 1. The van der Waals surface area contributed by atoms with Gasteiger partial charge in [-0.2, -0.15) is 0 Å². The number of aliphatic hydroxyl groups is 1. The fourth-order valence-corrected chi connectivity index (χ4v) is 7.55. The smallest absolute Gasteiger partial charge is 0.253 e. The molecule has 3 amide bonds. The highest BCUT2D eigenvalue weighted by Gasteiger charge is 2.80. The minimum Gasteiger partial charge on any atom is -0.394 e. The molecular weight excluding hydrogens is 530 g/mol. The Bertz CT molecular complexity index is 1170. The predicted molar refractivity (Wildman–Crippen MR) is 156 cm³/mol. The highest BCUT2D eigenvalue weighted by molar-refractivity contribution is 6.34. The van der Waals surface area contributed by atoms with Crippen molar-refractivity contribution in [3.8, 4) is 0 Å². The van der Waals surface area contributed by atoms with Gasteiger partial charge in [-0.3, -0.25) is 14.4 Å². The first-order chi connectivity index (χ1) is 19.1. The molecule has 0 radical (unpaired) electrons. The molecule has 3 aliphatic heterocycles. The largest absolute Gasteiger partial charge is 0.394 e. The third-order valence-corrected chi connectivity index (χ3v) is 9.52. The number of likely N-dealkylation sites (tertiary alicyclic amines) is 1. The first-order valence-corrected chi connectivity index (χ1v) is 14.6. The number of ether oxygens (including phenoxy) is 1. The average Bonchev–Trinajstić information content (AvgIpc) is 3.44. The van der Waals surface area contributed by atoms with Gasteiger partial charge in [0.25, 0.3) is 5.91 Å². The lowest BCUT2D eigenvalue weighted by Gasteiger charge is -2.39. The molecule has 3 saturated heterocycles. The monoisotopic (exact) mass is 571 g/mol. The Labute approximate surface area is 242 Å². The number of para-hydroxylation sites is 1. The van der Waals surface area contributed by atoms with Crippen molar-refractivity contribution in [1.82, 2.24) is 9.80 Å². The van der Waals surface area contributed by atoms with Crippen molar-refractivity contribution in [2.75, 3.05) is 31.1 Å². The van der Waals surface area contributed by atoms with Crippen molar-refractivity contribution in [2.45, 2.75) is 70.2 Å². The zero-order chi connectivity index (χ0) is 29.4. The van der Waals surface area contributed by atoms with Crippen LogP contribution >= 0.6 is 11.6 Å². The first-order valence-electron chi connectivity index (χ1n) is 14.3. The van der Waals surface area contributed by atoms with Crippen LogP contribution in [0, 0.1) is 17.8 Å². The molecule has 1 spiro atoms. The fraction of sp³-hybridized carbons (Fsp3) is 0.581. The van der Waals surface area contributed by atoms with E-state index in [0.717, 1.165) is 6.42 Å². The number of benzene rings is 1. The molecule has 4 rings (SSSR count). The minimum atomic E-state index is -1.22. The van der Waals surface area contributed by atoms with Crippen LogP contribution in [-0.2, 0) is 19.1 Å². The van der Waals surface area contributed by atoms with Crippen LogP contribution in [0.1, 0.15) is 47.0 Å². The van der Waals surface area contributed by atoms with E-state index in [1.54, 1.807) is 41.3 Å². The van der Waals surface area contributed by atoms with Gasteiger partial charge >= 0.3 is 0 Å². The molecule has 1 N–H and O–H groups in total. The van der Waals surface area contributed by atoms with Crippen molar-refractivity contribution >= 4 is 35.0 Å². The SMILES string of the molecule is C=CCN(CCC)C(=O)[C@@H]1[C@H]2C(=O)N([C@@H](CC)CO)C(C(=O)N(CC=C)c3ccccc3Cl)C23CC(C)[C@@]1(C)O3. The molecule has 3 fully saturated rings. The second-order valence-corrected chi connectivity index (χ2v) is 11.9. The van der Waals surface area contributed by atoms with Crippen LogP contribution < -0.4 is 4.90 Å². The maximum Gasteiger partial charge on any atom is 0.253 e. The standard InChI is InChI=1S/C31H42ClN3O5/c1-7-15-33(16-8-2)27(37)24-25-28(38)35(21(10-4)19-36)26(31(25)18-20(5)30(24,6)40-31)29(39)34(17-9-3)23-14-12-11-13-22(23)32/h7,9,11-14,20-21,24-26,36H,1,3,8,10,15-19H2,2,4-6H3/t20?,21-,24-,25-,26?,30+,31?/m0/s1. The molecule has 3 unspecified atom stereocenters. The predicted octanol–water partition coefficient (Wildman–Crippen LogP) is 4.07. The van der Waals surface area contributed by atoms with Crippen LogP contribution in [0.25, 0.3) is 0 Å². The molecule has 3 heterocycles. The zero-order valence-corrected chi connectivity index (χ0v) is 24.8. The number of anilines is 1. The van der Waals surface area contributed by atoms with Crippen LogP contribution in [0.2, 0.25) is 5.02 Å². The molecular formula is C31H42ClN3O5. The molecule has 3 aliphatic rings. The van der Waals surface area contributed by atoms with Gasteiger partial charge in [0, 0.05) is 19.6 Å². The summed E-state index contributed by atoms with van der Waals surface area (Å²) in [5.74, 6) is -2.54. The maximum absolute atomic E-state index is 14.7. The fourth-order valence-electron chi connectivity index (χ4n) is 7.31. The number of hydrogen-bond donors (Lipinski definition) is 1. The Balaban J connectivity index is 1.89. The van der Waals surface area contributed by atoms with E-state index in [4.69, 9.17) is 16.3 Å². The molecule has 1 aromatic rings. The van der Waals surface area contributed by atoms with Crippen molar-refractivity contribution in [1.29, 1.82) is 0 Å². The van der Waals surface area contributed by atoms with Gasteiger partial charge in [0.15, 0.2) is 0 Å². The average molecular weight is 572 g/mol. The second kappa shape index (κ2) is 11.7. The Morgan fingerprint density at radius 3 is 2.48 bits per heavy atom. The summed E-state index contributed by atoms with van der Waals surface area (Å²) in [5.41, 5.74) is -1.65.